The molecular weight excluding hydrogens is 556 g/mol. The Kier molecular flexibility index (Phi) is 5.31. The Hall–Kier alpha value is -6.12. The monoisotopic (exact) mass is 584 g/mol. The van der Waals surface area contributed by atoms with Crippen LogP contribution in [-0.4, -0.2) is 9.13 Å². The standard InChI is InChI=1S/C44H28N2/c1-3-15-29(16-4-1)41-33-21-9-7-19-31(33)32-20-8-10-22-34(32)44(41)46-38-26-14-12-24-36(38)43-40(46)28-27-39-42(43)35-23-11-13-25-37(35)45(39)30-17-5-2-6-18-30/h1-28H. The largest absolute Gasteiger partial charge is 0.309 e. The van der Waals surface area contributed by atoms with Crippen molar-refractivity contribution in [1.29, 1.82) is 0 Å². The van der Waals surface area contributed by atoms with Crippen molar-refractivity contribution in [2.24, 2.45) is 0 Å². The fraction of sp³-hybridized carbons (Fsp3) is 0. The minimum Gasteiger partial charge on any atom is -0.309 e. The fourth-order valence-electron chi connectivity index (χ4n) is 7.87. The normalized spacial score (nSPS) is 11.9. The molecule has 0 saturated heterocycles. The van der Waals surface area contributed by atoms with E-state index in [1.807, 2.05) is 0 Å². The van der Waals surface area contributed by atoms with Gasteiger partial charge in [0.05, 0.1) is 27.8 Å². The van der Waals surface area contributed by atoms with Gasteiger partial charge in [0.1, 0.15) is 0 Å². The summed E-state index contributed by atoms with van der Waals surface area (Å²) in [4.78, 5) is 0. The molecule has 10 aromatic rings. The number of para-hydroxylation sites is 3. The summed E-state index contributed by atoms with van der Waals surface area (Å²) < 4.78 is 4.95. The van der Waals surface area contributed by atoms with Gasteiger partial charge in [-0.2, -0.15) is 0 Å². The highest BCUT2D eigenvalue weighted by Crippen LogP contribution is 2.47. The highest BCUT2D eigenvalue weighted by molar-refractivity contribution is 6.30. The number of rotatable bonds is 3. The molecular formula is C44H28N2. The van der Waals surface area contributed by atoms with Gasteiger partial charge in [-0.25, -0.2) is 0 Å². The van der Waals surface area contributed by atoms with E-state index in [1.165, 1.54) is 87.7 Å². The smallest absolute Gasteiger partial charge is 0.0625 e. The van der Waals surface area contributed by atoms with Crippen LogP contribution in [-0.2, 0) is 0 Å². The maximum absolute atomic E-state index is 2.54. The van der Waals surface area contributed by atoms with Gasteiger partial charge >= 0.3 is 0 Å². The van der Waals surface area contributed by atoms with E-state index in [2.05, 4.69) is 179 Å². The molecule has 0 bridgehead atoms. The van der Waals surface area contributed by atoms with E-state index >= 15 is 0 Å². The Bertz CT molecular complexity index is 2780. The SMILES string of the molecule is c1ccc(-c2c(-n3c4ccccc4c4c5c6ccccc6n(-c6ccccc6)c5ccc43)c3ccccc3c3ccccc23)cc1. The minimum atomic E-state index is 1.17. The first-order valence-corrected chi connectivity index (χ1v) is 15.9. The second-order valence-electron chi connectivity index (χ2n) is 12.1. The molecule has 0 aliphatic heterocycles. The molecule has 0 atom stereocenters. The van der Waals surface area contributed by atoms with Gasteiger partial charge in [0, 0.05) is 38.2 Å². The number of hydrogen-bond donors (Lipinski definition) is 0. The Morgan fingerprint density at radius 1 is 0.283 bits per heavy atom. The first-order valence-electron chi connectivity index (χ1n) is 15.9. The lowest BCUT2D eigenvalue weighted by Crippen LogP contribution is -2.00. The summed E-state index contributed by atoms with van der Waals surface area (Å²) in [5, 5.41) is 10.1. The van der Waals surface area contributed by atoms with E-state index in [1.54, 1.807) is 0 Å². The van der Waals surface area contributed by atoms with Gasteiger partial charge in [0.25, 0.3) is 0 Å². The maximum atomic E-state index is 2.54. The molecule has 0 radical (unpaired) electrons. The fourth-order valence-corrected chi connectivity index (χ4v) is 7.87. The van der Waals surface area contributed by atoms with Gasteiger partial charge in [-0.3, -0.25) is 0 Å². The van der Waals surface area contributed by atoms with Crippen LogP contribution >= 0.6 is 0 Å². The second-order valence-corrected chi connectivity index (χ2v) is 12.1. The van der Waals surface area contributed by atoms with Crippen LogP contribution in [0.1, 0.15) is 0 Å². The van der Waals surface area contributed by atoms with Crippen LogP contribution in [0.25, 0.3) is 87.7 Å². The predicted molar refractivity (Wildman–Crippen MR) is 196 cm³/mol. The van der Waals surface area contributed by atoms with E-state index in [-0.39, 0.29) is 0 Å². The van der Waals surface area contributed by atoms with Crippen molar-refractivity contribution in [1.82, 2.24) is 9.13 Å². The van der Waals surface area contributed by atoms with E-state index in [4.69, 9.17) is 0 Å². The van der Waals surface area contributed by atoms with Gasteiger partial charge in [0.15, 0.2) is 0 Å². The average molecular weight is 585 g/mol. The Labute approximate surface area is 266 Å². The van der Waals surface area contributed by atoms with Crippen molar-refractivity contribution in [3.63, 3.8) is 0 Å². The molecule has 0 unspecified atom stereocenters. The Balaban J connectivity index is 1.46. The van der Waals surface area contributed by atoms with Crippen LogP contribution in [0.4, 0.5) is 0 Å². The first-order chi connectivity index (χ1) is 22.9. The van der Waals surface area contributed by atoms with Gasteiger partial charge < -0.3 is 9.13 Å². The highest BCUT2D eigenvalue weighted by atomic mass is 15.0. The number of benzene rings is 8. The summed E-state index contributed by atoms with van der Waals surface area (Å²) in [6, 6.07) is 61.9. The zero-order chi connectivity index (χ0) is 30.2. The van der Waals surface area contributed by atoms with E-state index in [9.17, 15) is 0 Å². The molecule has 0 N–H and O–H groups in total. The van der Waals surface area contributed by atoms with E-state index in [0.717, 1.165) is 0 Å². The molecule has 10 rings (SSSR count). The third kappa shape index (κ3) is 3.41. The molecule has 2 nitrogen and oxygen atoms in total. The predicted octanol–water partition coefficient (Wildman–Crippen LogP) is 11.9. The van der Waals surface area contributed by atoms with E-state index < -0.39 is 0 Å². The zero-order valence-corrected chi connectivity index (χ0v) is 25.1. The minimum absolute atomic E-state index is 1.17. The van der Waals surface area contributed by atoms with Crippen LogP contribution in [0.15, 0.2) is 170 Å². The number of hydrogen-bond acceptors (Lipinski definition) is 0. The van der Waals surface area contributed by atoms with Crippen molar-refractivity contribution in [3.8, 4) is 22.5 Å². The number of aromatic nitrogens is 2. The first kappa shape index (κ1) is 25.2. The lowest BCUT2D eigenvalue weighted by atomic mass is 9.91. The highest BCUT2D eigenvalue weighted by Gasteiger charge is 2.24. The molecule has 0 aliphatic rings. The van der Waals surface area contributed by atoms with Crippen molar-refractivity contribution in [2.75, 3.05) is 0 Å². The summed E-state index contributed by atoms with van der Waals surface area (Å²) in [7, 11) is 0. The topological polar surface area (TPSA) is 9.86 Å². The van der Waals surface area contributed by atoms with Gasteiger partial charge in [-0.05, 0) is 58.1 Å². The molecule has 214 valence electrons. The molecule has 0 aliphatic carbocycles. The van der Waals surface area contributed by atoms with Crippen LogP contribution < -0.4 is 0 Å². The van der Waals surface area contributed by atoms with Crippen LogP contribution in [0, 0.1) is 0 Å². The molecule has 0 spiro atoms. The van der Waals surface area contributed by atoms with Gasteiger partial charge in [0.2, 0.25) is 0 Å². The van der Waals surface area contributed by atoms with Crippen molar-refractivity contribution >= 4 is 65.2 Å². The molecule has 0 fully saturated rings. The molecule has 0 amide bonds. The van der Waals surface area contributed by atoms with Gasteiger partial charge in [-0.15, -0.1) is 0 Å². The van der Waals surface area contributed by atoms with Crippen molar-refractivity contribution < 1.29 is 0 Å². The second kappa shape index (κ2) is 9.69. The molecule has 46 heavy (non-hydrogen) atoms. The number of nitrogens with zero attached hydrogens (tertiary/aromatic N) is 2. The van der Waals surface area contributed by atoms with Crippen molar-refractivity contribution in [3.05, 3.63) is 170 Å². The average Bonchev–Trinajstić information content (AvgIpc) is 3.64. The Morgan fingerprint density at radius 2 is 0.717 bits per heavy atom. The molecule has 2 heterocycles. The Morgan fingerprint density at radius 3 is 1.35 bits per heavy atom. The summed E-state index contributed by atoms with van der Waals surface area (Å²) >= 11 is 0. The van der Waals surface area contributed by atoms with Crippen LogP contribution in [0.5, 0.6) is 0 Å². The zero-order valence-electron chi connectivity index (χ0n) is 25.1. The number of fused-ring (bicyclic) bond motifs is 10. The van der Waals surface area contributed by atoms with Crippen molar-refractivity contribution in [2.45, 2.75) is 0 Å². The van der Waals surface area contributed by atoms with Crippen LogP contribution in [0.2, 0.25) is 0 Å². The maximum Gasteiger partial charge on any atom is 0.0625 e. The lowest BCUT2D eigenvalue weighted by Gasteiger charge is -2.20. The third-order valence-electron chi connectivity index (χ3n) is 9.68. The third-order valence-corrected chi connectivity index (χ3v) is 9.68. The van der Waals surface area contributed by atoms with Crippen LogP contribution in [0.3, 0.4) is 0 Å². The quantitative estimate of drug-likeness (QED) is 0.183. The lowest BCUT2D eigenvalue weighted by molar-refractivity contribution is 1.18. The summed E-state index contributed by atoms with van der Waals surface area (Å²) in [6.07, 6.45) is 0. The van der Waals surface area contributed by atoms with Gasteiger partial charge in [-0.1, -0.05) is 133 Å². The summed E-state index contributed by atoms with van der Waals surface area (Å²) in [5.41, 5.74) is 9.71. The summed E-state index contributed by atoms with van der Waals surface area (Å²) in [5.74, 6) is 0. The van der Waals surface area contributed by atoms with E-state index in [0.29, 0.717) is 0 Å². The molecule has 8 aromatic carbocycles. The summed E-state index contributed by atoms with van der Waals surface area (Å²) in [6.45, 7) is 0. The molecule has 0 saturated carbocycles. The molecule has 2 aromatic heterocycles. The molecule has 2 heteroatoms.